The molecular formula is C27H29FN2O2. The highest BCUT2D eigenvalue weighted by atomic mass is 19.1. The summed E-state index contributed by atoms with van der Waals surface area (Å²) in [6.45, 7) is 4.75. The molecule has 1 aliphatic heterocycles. The molecule has 32 heavy (non-hydrogen) atoms. The minimum Gasteiger partial charge on any atom is -0.378 e. The smallest absolute Gasteiger partial charge is 0.255 e. The highest BCUT2D eigenvalue weighted by Gasteiger charge is 2.16. The summed E-state index contributed by atoms with van der Waals surface area (Å²) in [5, 5.41) is 5.03. The summed E-state index contributed by atoms with van der Waals surface area (Å²) < 4.78 is 19.7. The summed E-state index contributed by atoms with van der Waals surface area (Å²) in [7, 11) is 0. The Bertz CT molecular complexity index is 1120. The van der Waals surface area contributed by atoms with Crippen LogP contribution in [0.4, 0.5) is 15.8 Å². The summed E-state index contributed by atoms with van der Waals surface area (Å²) in [6.07, 6.45) is 7.73. The maximum absolute atomic E-state index is 14.3. The van der Waals surface area contributed by atoms with Gasteiger partial charge in [0, 0.05) is 35.4 Å². The maximum Gasteiger partial charge on any atom is 0.255 e. The number of ether oxygens (including phenoxy) is 1. The van der Waals surface area contributed by atoms with Crippen LogP contribution in [0.2, 0.25) is 0 Å². The number of amides is 1. The van der Waals surface area contributed by atoms with Gasteiger partial charge in [0.2, 0.25) is 0 Å². The number of hydrogen-bond acceptors (Lipinski definition) is 3. The second-order valence-electron chi connectivity index (χ2n) is 8.04. The zero-order valence-electron chi connectivity index (χ0n) is 18.4. The molecule has 3 aromatic rings. The van der Waals surface area contributed by atoms with Gasteiger partial charge in [-0.05, 0) is 41.6 Å². The fraction of sp³-hybridized carbons (Fsp3) is 0.296. The lowest BCUT2D eigenvalue weighted by Gasteiger charge is -2.29. The Balaban J connectivity index is 1.59. The predicted octanol–water partition coefficient (Wildman–Crippen LogP) is 6.27. The molecule has 1 aliphatic rings. The van der Waals surface area contributed by atoms with Crippen LogP contribution in [-0.2, 0) is 4.74 Å². The van der Waals surface area contributed by atoms with Crippen LogP contribution in [0.1, 0.15) is 42.1 Å². The van der Waals surface area contributed by atoms with E-state index >= 15 is 0 Å². The Kier molecular flexibility index (Phi) is 7.17. The zero-order valence-corrected chi connectivity index (χ0v) is 18.4. The Morgan fingerprint density at radius 2 is 1.88 bits per heavy atom. The minimum atomic E-state index is -0.420. The van der Waals surface area contributed by atoms with Crippen molar-refractivity contribution in [2.75, 3.05) is 36.5 Å². The average molecular weight is 433 g/mol. The molecule has 1 heterocycles. The minimum absolute atomic E-state index is 0.305. The normalized spacial score (nSPS) is 14.2. The molecule has 0 radical (unpaired) electrons. The number of anilines is 2. The molecule has 0 saturated carbocycles. The Labute approximate surface area is 188 Å². The van der Waals surface area contributed by atoms with E-state index in [2.05, 4.69) is 30.5 Å². The molecule has 1 N–H and O–H groups in total. The molecule has 3 aromatic carbocycles. The molecule has 166 valence electrons. The van der Waals surface area contributed by atoms with Gasteiger partial charge in [0.1, 0.15) is 5.82 Å². The number of hydrogen-bond donors (Lipinski definition) is 1. The van der Waals surface area contributed by atoms with E-state index in [9.17, 15) is 9.18 Å². The van der Waals surface area contributed by atoms with E-state index in [1.54, 1.807) is 6.07 Å². The second kappa shape index (κ2) is 10.4. The van der Waals surface area contributed by atoms with E-state index in [0.717, 1.165) is 22.8 Å². The molecule has 0 spiro atoms. The molecule has 0 aliphatic carbocycles. The molecule has 1 fully saturated rings. The van der Waals surface area contributed by atoms with Gasteiger partial charge in [-0.25, -0.2) is 4.39 Å². The third kappa shape index (κ3) is 5.17. The lowest BCUT2D eigenvalue weighted by Crippen LogP contribution is -2.36. The molecule has 1 amide bonds. The molecule has 1 saturated heterocycles. The van der Waals surface area contributed by atoms with E-state index in [1.165, 1.54) is 25.0 Å². The molecule has 4 rings (SSSR count). The van der Waals surface area contributed by atoms with Crippen molar-refractivity contribution in [3.8, 4) is 0 Å². The van der Waals surface area contributed by atoms with Gasteiger partial charge in [-0.1, -0.05) is 62.2 Å². The first-order valence-corrected chi connectivity index (χ1v) is 11.3. The molecule has 4 nitrogen and oxygen atoms in total. The Morgan fingerprint density at radius 3 is 2.66 bits per heavy atom. The van der Waals surface area contributed by atoms with Gasteiger partial charge in [0.25, 0.3) is 5.91 Å². The fourth-order valence-corrected chi connectivity index (χ4v) is 4.01. The van der Waals surface area contributed by atoms with Gasteiger partial charge >= 0.3 is 0 Å². The van der Waals surface area contributed by atoms with Gasteiger partial charge in [-0.3, -0.25) is 4.79 Å². The molecular weight excluding hydrogens is 403 g/mol. The fourth-order valence-electron chi connectivity index (χ4n) is 4.01. The van der Waals surface area contributed by atoms with Crippen molar-refractivity contribution < 1.29 is 13.9 Å². The van der Waals surface area contributed by atoms with Crippen LogP contribution in [0, 0.1) is 5.82 Å². The van der Waals surface area contributed by atoms with Crippen LogP contribution in [0.25, 0.3) is 16.8 Å². The molecule has 5 heteroatoms. The van der Waals surface area contributed by atoms with Crippen LogP contribution < -0.4 is 10.2 Å². The zero-order chi connectivity index (χ0) is 22.3. The SMILES string of the molecule is CCCCC=Cc1ccc(NC(=O)c2cc(F)cc(N3CCOCC3)c2)c2ccccc12. The van der Waals surface area contributed by atoms with Gasteiger partial charge in [-0.2, -0.15) is 0 Å². The van der Waals surface area contributed by atoms with Crippen molar-refractivity contribution >= 4 is 34.1 Å². The molecule has 0 unspecified atom stereocenters. The third-order valence-electron chi connectivity index (χ3n) is 5.75. The van der Waals surface area contributed by atoms with Crippen molar-refractivity contribution in [1.82, 2.24) is 0 Å². The number of nitrogens with one attached hydrogen (secondary N) is 1. The van der Waals surface area contributed by atoms with Crippen molar-refractivity contribution in [3.05, 3.63) is 77.6 Å². The Morgan fingerprint density at radius 1 is 1.09 bits per heavy atom. The van der Waals surface area contributed by atoms with E-state index in [1.807, 2.05) is 35.2 Å². The van der Waals surface area contributed by atoms with E-state index in [-0.39, 0.29) is 5.91 Å². The van der Waals surface area contributed by atoms with Gasteiger partial charge < -0.3 is 15.0 Å². The van der Waals surface area contributed by atoms with E-state index in [4.69, 9.17) is 4.74 Å². The lowest BCUT2D eigenvalue weighted by molar-refractivity contribution is 0.102. The van der Waals surface area contributed by atoms with E-state index < -0.39 is 5.82 Å². The quantitative estimate of drug-likeness (QED) is 0.447. The maximum atomic E-state index is 14.3. The summed E-state index contributed by atoms with van der Waals surface area (Å²) in [4.78, 5) is 15.1. The Hall–Kier alpha value is -3.18. The second-order valence-corrected chi connectivity index (χ2v) is 8.04. The number of halogens is 1. The highest BCUT2D eigenvalue weighted by molar-refractivity contribution is 6.10. The predicted molar refractivity (Wildman–Crippen MR) is 130 cm³/mol. The van der Waals surface area contributed by atoms with E-state index in [0.29, 0.717) is 43.2 Å². The monoisotopic (exact) mass is 432 g/mol. The van der Waals surface area contributed by atoms with Crippen molar-refractivity contribution in [1.29, 1.82) is 0 Å². The summed E-state index contributed by atoms with van der Waals surface area (Å²) >= 11 is 0. The number of fused-ring (bicyclic) bond motifs is 1. The molecule has 0 aromatic heterocycles. The summed E-state index contributed by atoms with van der Waals surface area (Å²) in [5.41, 5.74) is 2.85. The largest absolute Gasteiger partial charge is 0.378 e. The standard InChI is InChI=1S/C27H29FN2O2/c1-2-3-4-5-8-20-11-12-26(25-10-7-6-9-24(20)25)29-27(31)21-17-22(28)19-23(18-21)30-13-15-32-16-14-30/h5-12,17-19H,2-4,13-16H2,1H3,(H,29,31). The number of carbonyl (C=O) groups excluding carboxylic acids is 1. The molecule has 0 atom stereocenters. The number of rotatable bonds is 7. The number of unbranched alkanes of at least 4 members (excludes halogenated alkanes) is 2. The van der Waals surface area contributed by atoms with Crippen molar-refractivity contribution in [2.24, 2.45) is 0 Å². The van der Waals surface area contributed by atoms with Gasteiger partial charge in [0.15, 0.2) is 0 Å². The molecule has 0 bridgehead atoms. The lowest BCUT2D eigenvalue weighted by atomic mass is 10.0. The number of morpholine rings is 1. The first kappa shape index (κ1) is 22.0. The van der Waals surface area contributed by atoms with Crippen LogP contribution in [0.15, 0.2) is 60.7 Å². The number of carbonyl (C=O) groups is 1. The van der Waals surface area contributed by atoms with Gasteiger partial charge in [-0.15, -0.1) is 0 Å². The van der Waals surface area contributed by atoms with Crippen molar-refractivity contribution in [3.63, 3.8) is 0 Å². The van der Waals surface area contributed by atoms with Crippen LogP contribution in [-0.4, -0.2) is 32.2 Å². The average Bonchev–Trinajstić information content (AvgIpc) is 2.83. The first-order valence-electron chi connectivity index (χ1n) is 11.3. The van der Waals surface area contributed by atoms with Crippen molar-refractivity contribution in [2.45, 2.75) is 26.2 Å². The number of nitrogens with zero attached hydrogens (tertiary/aromatic N) is 1. The van der Waals surface area contributed by atoms with Crippen LogP contribution >= 0.6 is 0 Å². The summed E-state index contributed by atoms with van der Waals surface area (Å²) in [6, 6.07) is 16.5. The number of benzene rings is 3. The summed E-state index contributed by atoms with van der Waals surface area (Å²) in [5.74, 6) is -0.744. The third-order valence-corrected chi connectivity index (χ3v) is 5.75. The topological polar surface area (TPSA) is 41.6 Å². The van der Waals surface area contributed by atoms with Gasteiger partial charge in [0.05, 0.1) is 13.2 Å². The highest BCUT2D eigenvalue weighted by Crippen LogP contribution is 2.29. The van der Waals surface area contributed by atoms with Crippen LogP contribution in [0.3, 0.4) is 0 Å². The van der Waals surface area contributed by atoms with Crippen LogP contribution in [0.5, 0.6) is 0 Å². The number of allylic oxidation sites excluding steroid dienone is 1. The first-order chi connectivity index (χ1) is 15.7.